The van der Waals surface area contributed by atoms with Gasteiger partial charge in [0, 0.05) is 50.8 Å². The molecule has 1 heterocycles. The highest BCUT2D eigenvalue weighted by Gasteiger charge is 2.10. The lowest BCUT2D eigenvalue weighted by Gasteiger charge is -2.21. The van der Waals surface area contributed by atoms with E-state index in [2.05, 4.69) is 51.5 Å². The van der Waals surface area contributed by atoms with Gasteiger partial charge in [0.05, 0.1) is 0 Å². The lowest BCUT2D eigenvalue weighted by atomic mass is 10.2. The van der Waals surface area contributed by atoms with Crippen LogP contribution >= 0.6 is 0 Å². The molecule has 0 aliphatic carbocycles. The van der Waals surface area contributed by atoms with Gasteiger partial charge in [-0.05, 0) is 51.5 Å². The average Bonchev–Trinajstić information content (AvgIpc) is 2.67. The Morgan fingerprint density at radius 1 is 1.15 bits per heavy atom. The maximum atomic E-state index is 12.3. The minimum absolute atomic E-state index is 0.212. The van der Waals surface area contributed by atoms with Crippen molar-refractivity contribution in [2.24, 2.45) is 0 Å². The molecule has 0 aliphatic rings. The van der Waals surface area contributed by atoms with Crippen LogP contribution in [0.5, 0.6) is 0 Å². The number of amides is 1. The third kappa shape index (κ3) is 6.21. The van der Waals surface area contributed by atoms with Crippen LogP contribution < -0.4 is 15.5 Å². The van der Waals surface area contributed by atoms with Crippen LogP contribution in [0.15, 0.2) is 30.3 Å². The van der Waals surface area contributed by atoms with E-state index in [4.69, 9.17) is 4.74 Å². The number of hydrogen-bond donors (Lipinski definition) is 2. The molecule has 1 aromatic carbocycles. The van der Waals surface area contributed by atoms with Crippen molar-refractivity contribution < 1.29 is 9.53 Å². The van der Waals surface area contributed by atoms with Crippen molar-refractivity contribution in [1.29, 1.82) is 0 Å². The van der Waals surface area contributed by atoms with Gasteiger partial charge in [-0.3, -0.25) is 4.79 Å². The van der Waals surface area contributed by atoms with E-state index in [0.29, 0.717) is 30.5 Å². The van der Waals surface area contributed by atoms with Gasteiger partial charge >= 0.3 is 0 Å². The van der Waals surface area contributed by atoms with Crippen molar-refractivity contribution >= 4 is 23.1 Å². The van der Waals surface area contributed by atoms with Gasteiger partial charge in [-0.1, -0.05) is 0 Å². The SMILES string of the molecule is CCN(CC)c1ccc(Nc2cc(C(=O)NCCCOC)nc(C)n2)cc1. The fourth-order valence-corrected chi connectivity index (χ4v) is 2.75. The molecule has 0 aliphatic heterocycles. The average molecular weight is 371 g/mol. The third-order valence-electron chi connectivity index (χ3n) is 4.15. The second-order valence-electron chi connectivity index (χ2n) is 6.13. The van der Waals surface area contributed by atoms with Gasteiger partial charge in [-0.25, -0.2) is 9.97 Å². The van der Waals surface area contributed by atoms with Crippen LogP contribution in [0.2, 0.25) is 0 Å². The number of hydrogen-bond acceptors (Lipinski definition) is 6. The molecular weight excluding hydrogens is 342 g/mol. The van der Waals surface area contributed by atoms with Gasteiger partial charge in [0.1, 0.15) is 17.3 Å². The molecule has 0 bridgehead atoms. The minimum atomic E-state index is -0.212. The lowest BCUT2D eigenvalue weighted by molar-refractivity contribution is 0.0943. The Bertz CT molecular complexity index is 730. The zero-order valence-corrected chi connectivity index (χ0v) is 16.6. The second kappa shape index (κ2) is 10.5. The van der Waals surface area contributed by atoms with Crippen molar-refractivity contribution in [1.82, 2.24) is 15.3 Å². The molecule has 27 heavy (non-hydrogen) atoms. The summed E-state index contributed by atoms with van der Waals surface area (Å²) in [5.74, 6) is 0.929. The maximum absolute atomic E-state index is 12.3. The Balaban J connectivity index is 2.06. The smallest absolute Gasteiger partial charge is 0.270 e. The molecule has 0 atom stereocenters. The predicted molar refractivity (Wildman–Crippen MR) is 109 cm³/mol. The van der Waals surface area contributed by atoms with E-state index in [9.17, 15) is 4.79 Å². The molecule has 0 saturated carbocycles. The Kier molecular flexibility index (Phi) is 8.00. The Morgan fingerprint density at radius 2 is 1.85 bits per heavy atom. The standard InChI is InChI=1S/C20H29N5O2/c1-5-25(6-2)17-10-8-16(9-11-17)24-19-14-18(22-15(3)23-19)20(26)21-12-7-13-27-4/h8-11,14H,5-7,12-13H2,1-4H3,(H,21,26)(H,22,23,24). The highest BCUT2D eigenvalue weighted by molar-refractivity contribution is 5.93. The fraction of sp³-hybridized carbons (Fsp3) is 0.450. The van der Waals surface area contributed by atoms with E-state index < -0.39 is 0 Å². The molecule has 0 radical (unpaired) electrons. The van der Waals surface area contributed by atoms with Gasteiger partial charge in [-0.15, -0.1) is 0 Å². The molecule has 0 fully saturated rings. The van der Waals surface area contributed by atoms with E-state index >= 15 is 0 Å². The predicted octanol–water partition coefficient (Wildman–Crippen LogP) is 3.14. The maximum Gasteiger partial charge on any atom is 0.270 e. The highest BCUT2D eigenvalue weighted by atomic mass is 16.5. The van der Waals surface area contributed by atoms with Crippen LogP contribution in [0.3, 0.4) is 0 Å². The summed E-state index contributed by atoms with van der Waals surface area (Å²) in [4.78, 5) is 23.2. The van der Waals surface area contributed by atoms with E-state index in [-0.39, 0.29) is 5.91 Å². The van der Waals surface area contributed by atoms with E-state index in [1.807, 2.05) is 12.1 Å². The summed E-state index contributed by atoms with van der Waals surface area (Å²) in [5, 5.41) is 6.09. The second-order valence-corrected chi connectivity index (χ2v) is 6.13. The van der Waals surface area contributed by atoms with Gasteiger partial charge in [-0.2, -0.15) is 0 Å². The van der Waals surface area contributed by atoms with Crippen molar-refractivity contribution in [3.63, 3.8) is 0 Å². The number of anilines is 3. The molecule has 7 heteroatoms. The largest absolute Gasteiger partial charge is 0.385 e. The summed E-state index contributed by atoms with van der Waals surface area (Å²) in [7, 11) is 1.64. The van der Waals surface area contributed by atoms with Gasteiger partial charge in [0.15, 0.2) is 0 Å². The summed E-state index contributed by atoms with van der Waals surface area (Å²) in [6, 6.07) is 9.84. The molecule has 0 spiro atoms. The van der Waals surface area contributed by atoms with Crippen LogP contribution in [0, 0.1) is 6.92 Å². The minimum Gasteiger partial charge on any atom is -0.385 e. The molecule has 2 aromatic rings. The molecule has 2 rings (SSSR count). The van der Waals surface area contributed by atoms with Gasteiger partial charge in [0.2, 0.25) is 0 Å². The molecule has 1 amide bonds. The van der Waals surface area contributed by atoms with Crippen molar-refractivity contribution in [3.05, 3.63) is 41.9 Å². The number of aromatic nitrogens is 2. The zero-order chi connectivity index (χ0) is 19.6. The van der Waals surface area contributed by atoms with Crippen molar-refractivity contribution in [2.45, 2.75) is 27.2 Å². The number of aryl methyl sites for hydroxylation is 1. The van der Waals surface area contributed by atoms with Crippen LogP contribution in [0.4, 0.5) is 17.2 Å². The van der Waals surface area contributed by atoms with E-state index in [0.717, 1.165) is 25.2 Å². The van der Waals surface area contributed by atoms with Crippen LogP contribution in [-0.2, 0) is 4.74 Å². The number of methoxy groups -OCH3 is 1. The highest BCUT2D eigenvalue weighted by Crippen LogP contribution is 2.20. The number of rotatable bonds is 10. The number of nitrogens with zero attached hydrogens (tertiary/aromatic N) is 3. The molecule has 2 N–H and O–H groups in total. The quantitative estimate of drug-likeness (QED) is 0.625. The van der Waals surface area contributed by atoms with Crippen molar-refractivity contribution in [3.8, 4) is 0 Å². The first-order valence-corrected chi connectivity index (χ1v) is 9.32. The monoisotopic (exact) mass is 371 g/mol. The molecule has 1 aromatic heterocycles. The van der Waals surface area contributed by atoms with Crippen LogP contribution in [0.25, 0.3) is 0 Å². The van der Waals surface area contributed by atoms with Crippen LogP contribution in [0.1, 0.15) is 36.6 Å². The van der Waals surface area contributed by atoms with E-state index in [1.54, 1.807) is 20.1 Å². The summed E-state index contributed by atoms with van der Waals surface area (Å²) in [6.45, 7) is 9.15. The Hall–Kier alpha value is -2.67. The first-order valence-electron chi connectivity index (χ1n) is 9.32. The third-order valence-corrected chi connectivity index (χ3v) is 4.15. The van der Waals surface area contributed by atoms with Gasteiger partial charge in [0.25, 0.3) is 5.91 Å². The molecule has 0 unspecified atom stereocenters. The molecule has 7 nitrogen and oxygen atoms in total. The first-order chi connectivity index (χ1) is 13.1. The number of carbonyl (C=O) groups excluding carboxylic acids is 1. The molecule has 0 saturated heterocycles. The summed E-state index contributed by atoms with van der Waals surface area (Å²) in [6.07, 6.45) is 0.760. The van der Waals surface area contributed by atoms with Gasteiger partial charge < -0.3 is 20.3 Å². The topological polar surface area (TPSA) is 79.4 Å². The van der Waals surface area contributed by atoms with Crippen LogP contribution in [-0.4, -0.2) is 49.2 Å². The molecular formula is C20H29N5O2. The zero-order valence-electron chi connectivity index (χ0n) is 16.6. The van der Waals surface area contributed by atoms with E-state index in [1.165, 1.54) is 5.69 Å². The summed E-state index contributed by atoms with van der Waals surface area (Å²) in [5.41, 5.74) is 2.44. The first kappa shape index (κ1) is 20.6. The number of carbonyl (C=O) groups is 1. The summed E-state index contributed by atoms with van der Waals surface area (Å²) < 4.78 is 4.98. The Morgan fingerprint density at radius 3 is 2.48 bits per heavy atom. The summed E-state index contributed by atoms with van der Waals surface area (Å²) >= 11 is 0. The van der Waals surface area contributed by atoms with Crippen molar-refractivity contribution in [2.75, 3.05) is 43.6 Å². The normalized spacial score (nSPS) is 10.5. The molecule has 146 valence electrons. The Labute approximate surface area is 161 Å². The fourth-order valence-electron chi connectivity index (χ4n) is 2.75. The lowest BCUT2D eigenvalue weighted by Crippen LogP contribution is -2.26. The number of ether oxygens (including phenoxy) is 1. The number of benzene rings is 1. The number of nitrogens with one attached hydrogen (secondary N) is 2.